The highest BCUT2D eigenvalue weighted by atomic mass is 32.1. The predicted octanol–water partition coefficient (Wildman–Crippen LogP) is 1.74. The Hall–Kier alpha value is -0.410. The highest BCUT2D eigenvalue weighted by molar-refractivity contribution is 7.09. The maximum absolute atomic E-state index is 4.37. The van der Waals surface area contributed by atoms with Gasteiger partial charge in [-0.15, -0.1) is 11.3 Å². The molecule has 1 aromatic rings. The van der Waals surface area contributed by atoms with Crippen molar-refractivity contribution in [3.63, 3.8) is 0 Å². The average molecular weight is 168 g/mol. The fourth-order valence-electron chi connectivity index (χ4n) is 1.63. The minimum Gasteiger partial charge on any atom is -0.312 e. The van der Waals surface area contributed by atoms with Gasteiger partial charge < -0.3 is 5.32 Å². The summed E-state index contributed by atoms with van der Waals surface area (Å²) in [4.78, 5) is 5.85. The van der Waals surface area contributed by atoms with Crippen LogP contribution in [-0.4, -0.2) is 12.0 Å². The summed E-state index contributed by atoms with van der Waals surface area (Å²) in [7, 11) is 2.01. The van der Waals surface area contributed by atoms with Gasteiger partial charge >= 0.3 is 0 Å². The second kappa shape index (κ2) is 2.91. The molecule has 1 heterocycles. The van der Waals surface area contributed by atoms with Crippen LogP contribution in [0.3, 0.4) is 0 Å². The molecule has 0 saturated heterocycles. The lowest BCUT2D eigenvalue weighted by Crippen LogP contribution is -2.20. The third-order valence-electron chi connectivity index (χ3n) is 2.25. The third-order valence-corrected chi connectivity index (χ3v) is 3.16. The Morgan fingerprint density at radius 3 is 3.45 bits per heavy atom. The van der Waals surface area contributed by atoms with Crippen molar-refractivity contribution >= 4 is 11.3 Å². The smallest absolute Gasteiger partial charge is 0.0798 e. The van der Waals surface area contributed by atoms with E-state index in [-0.39, 0.29) is 0 Å². The number of hydrogen-bond acceptors (Lipinski definition) is 3. The van der Waals surface area contributed by atoms with Gasteiger partial charge in [0.1, 0.15) is 0 Å². The summed E-state index contributed by atoms with van der Waals surface area (Å²) >= 11 is 1.79. The highest BCUT2D eigenvalue weighted by Gasteiger charge is 2.20. The molecule has 2 nitrogen and oxygen atoms in total. The second-order valence-electron chi connectivity index (χ2n) is 2.89. The van der Waals surface area contributed by atoms with Gasteiger partial charge in [0, 0.05) is 4.88 Å². The van der Waals surface area contributed by atoms with Crippen LogP contribution in [-0.2, 0) is 6.42 Å². The normalized spacial score (nSPS) is 23.2. The zero-order valence-electron chi connectivity index (χ0n) is 6.63. The zero-order valence-corrected chi connectivity index (χ0v) is 7.45. The van der Waals surface area contributed by atoms with Crippen LogP contribution >= 0.6 is 11.3 Å². The predicted molar refractivity (Wildman–Crippen MR) is 46.9 cm³/mol. The van der Waals surface area contributed by atoms with E-state index < -0.39 is 0 Å². The molecular formula is C8H12N2S. The Morgan fingerprint density at radius 1 is 1.73 bits per heavy atom. The SMILES string of the molecule is CN[C@@H]1CCCc2scnc21. The average Bonchev–Trinajstić information content (AvgIpc) is 2.50. The molecule has 1 aliphatic carbocycles. The molecule has 0 amide bonds. The molecule has 3 heteroatoms. The summed E-state index contributed by atoms with van der Waals surface area (Å²) in [5.41, 5.74) is 3.25. The number of nitrogens with zero attached hydrogens (tertiary/aromatic N) is 1. The first-order valence-electron chi connectivity index (χ1n) is 4.01. The van der Waals surface area contributed by atoms with E-state index in [4.69, 9.17) is 0 Å². The lowest BCUT2D eigenvalue weighted by Gasteiger charge is -2.19. The van der Waals surface area contributed by atoms with Crippen LogP contribution in [0.2, 0.25) is 0 Å². The fraction of sp³-hybridized carbons (Fsp3) is 0.625. The van der Waals surface area contributed by atoms with Crippen molar-refractivity contribution in [3.05, 3.63) is 16.1 Å². The van der Waals surface area contributed by atoms with E-state index >= 15 is 0 Å². The van der Waals surface area contributed by atoms with Crippen LogP contribution < -0.4 is 5.32 Å². The van der Waals surface area contributed by atoms with Gasteiger partial charge in [-0.3, -0.25) is 0 Å². The Kier molecular flexibility index (Phi) is 1.92. The molecule has 1 aromatic heterocycles. The number of rotatable bonds is 1. The number of fused-ring (bicyclic) bond motifs is 1. The van der Waals surface area contributed by atoms with Crippen LogP contribution in [0.15, 0.2) is 5.51 Å². The molecule has 0 saturated carbocycles. The molecule has 1 atom stereocenters. The summed E-state index contributed by atoms with van der Waals surface area (Å²) in [6.45, 7) is 0. The number of aromatic nitrogens is 1. The van der Waals surface area contributed by atoms with Crippen molar-refractivity contribution in [1.29, 1.82) is 0 Å². The van der Waals surface area contributed by atoms with Gasteiger partial charge in [0.05, 0.1) is 17.2 Å². The summed E-state index contributed by atoms with van der Waals surface area (Å²) in [5.74, 6) is 0. The van der Waals surface area contributed by atoms with Gasteiger partial charge in [0.2, 0.25) is 0 Å². The Morgan fingerprint density at radius 2 is 2.64 bits per heavy atom. The summed E-state index contributed by atoms with van der Waals surface area (Å²) < 4.78 is 0. The van der Waals surface area contributed by atoms with Crippen molar-refractivity contribution in [2.45, 2.75) is 25.3 Å². The summed E-state index contributed by atoms with van der Waals surface area (Å²) in [5, 5.41) is 3.29. The van der Waals surface area contributed by atoms with Crippen LogP contribution in [0.25, 0.3) is 0 Å². The lowest BCUT2D eigenvalue weighted by molar-refractivity contribution is 0.490. The molecule has 0 aliphatic heterocycles. The largest absolute Gasteiger partial charge is 0.312 e. The van der Waals surface area contributed by atoms with E-state index in [1.165, 1.54) is 29.8 Å². The molecular weight excluding hydrogens is 156 g/mol. The minimum absolute atomic E-state index is 0.519. The topological polar surface area (TPSA) is 24.9 Å². The van der Waals surface area contributed by atoms with Crippen molar-refractivity contribution in [2.24, 2.45) is 0 Å². The molecule has 0 radical (unpaired) electrons. The number of aryl methyl sites for hydroxylation is 1. The summed E-state index contributed by atoms with van der Waals surface area (Å²) in [6, 6.07) is 0.519. The van der Waals surface area contributed by atoms with Crippen molar-refractivity contribution in [3.8, 4) is 0 Å². The Balaban J connectivity index is 2.32. The van der Waals surface area contributed by atoms with E-state index in [0.29, 0.717) is 6.04 Å². The van der Waals surface area contributed by atoms with Crippen molar-refractivity contribution in [1.82, 2.24) is 10.3 Å². The minimum atomic E-state index is 0.519. The first kappa shape index (κ1) is 7.25. The number of thiazole rings is 1. The Bertz CT molecular complexity index is 244. The third kappa shape index (κ3) is 1.19. The van der Waals surface area contributed by atoms with Crippen molar-refractivity contribution < 1.29 is 0 Å². The van der Waals surface area contributed by atoms with Gasteiger partial charge in [-0.2, -0.15) is 0 Å². The van der Waals surface area contributed by atoms with E-state index in [1.54, 1.807) is 11.3 Å². The molecule has 1 aliphatic rings. The molecule has 0 spiro atoms. The molecule has 60 valence electrons. The van der Waals surface area contributed by atoms with E-state index in [2.05, 4.69) is 10.3 Å². The first-order valence-corrected chi connectivity index (χ1v) is 4.89. The molecule has 0 fully saturated rings. The van der Waals surface area contributed by atoms with Gasteiger partial charge in [0.25, 0.3) is 0 Å². The van der Waals surface area contributed by atoms with Crippen molar-refractivity contribution in [2.75, 3.05) is 7.05 Å². The van der Waals surface area contributed by atoms with E-state index in [0.717, 1.165) is 0 Å². The van der Waals surface area contributed by atoms with Gasteiger partial charge in [-0.25, -0.2) is 4.98 Å². The zero-order chi connectivity index (χ0) is 7.68. The standard InChI is InChI=1S/C8H12N2S/c1-9-6-3-2-4-7-8(6)10-5-11-7/h5-6,9H,2-4H2,1H3/t6-/m1/s1. The maximum atomic E-state index is 4.37. The first-order chi connectivity index (χ1) is 5.42. The molecule has 0 bridgehead atoms. The Labute approximate surface area is 70.7 Å². The number of hydrogen-bond donors (Lipinski definition) is 1. The summed E-state index contributed by atoms with van der Waals surface area (Å²) in [6.07, 6.45) is 3.78. The van der Waals surface area contributed by atoms with Gasteiger partial charge in [-0.1, -0.05) is 0 Å². The van der Waals surface area contributed by atoms with Gasteiger partial charge in [-0.05, 0) is 26.3 Å². The lowest BCUT2D eigenvalue weighted by atomic mass is 9.98. The molecule has 2 rings (SSSR count). The molecule has 0 aromatic carbocycles. The fourth-order valence-corrected chi connectivity index (χ4v) is 2.51. The second-order valence-corrected chi connectivity index (χ2v) is 3.83. The number of nitrogens with one attached hydrogen (secondary N) is 1. The van der Waals surface area contributed by atoms with Crippen LogP contribution in [0.4, 0.5) is 0 Å². The quantitative estimate of drug-likeness (QED) is 0.691. The molecule has 1 N–H and O–H groups in total. The monoisotopic (exact) mass is 168 g/mol. The van der Waals surface area contributed by atoms with E-state index in [1.807, 2.05) is 12.6 Å². The van der Waals surface area contributed by atoms with Gasteiger partial charge in [0.15, 0.2) is 0 Å². The van der Waals surface area contributed by atoms with E-state index in [9.17, 15) is 0 Å². The highest BCUT2D eigenvalue weighted by Crippen LogP contribution is 2.30. The molecule has 0 unspecified atom stereocenters. The van der Waals surface area contributed by atoms with Crippen LogP contribution in [0, 0.1) is 0 Å². The maximum Gasteiger partial charge on any atom is 0.0798 e. The van der Waals surface area contributed by atoms with Crippen LogP contribution in [0.5, 0.6) is 0 Å². The van der Waals surface area contributed by atoms with Crippen LogP contribution in [0.1, 0.15) is 29.5 Å². The molecule has 11 heavy (non-hydrogen) atoms.